The number of β-lactam (4-membered cyclic amide) rings is 1. The number of hydrogen-bond donors (Lipinski definition) is 3. The maximum absolute atomic E-state index is 13.0. The lowest BCUT2D eigenvalue weighted by Gasteiger charge is -2.49. The lowest BCUT2D eigenvalue weighted by Crippen LogP contribution is -2.71. The van der Waals surface area contributed by atoms with E-state index < -0.39 is 29.2 Å². The number of amides is 2. The van der Waals surface area contributed by atoms with E-state index >= 15 is 0 Å². The van der Waals surface area contributed by atoms with Crippen molar-refractivity contribution in [2.45, 2.75) is 18.0 Å². The monoisotopic (exact) mass is 500 g/mol. The Morgan fingerprint density at radius 2 is 2.29 bits per heavy atom. The number of hydrogen-bond acceptors (Lipinski definition) is 11. The van der Waals surface area contributed by atoms with Crippen molar-refractivity contribution >= 4 is 52.4 Å². The van der Waals surface area contributed by atoms with Crippen LogP contribution in [0.2, 0.25) is 0 Å². The summed E-state index contributed by atoms with van der Waals surface area (Å²) >= 11 is 1.34. The van der Waals surface area contributed by atoms with Crippen molar-refractivity contribution in [3.05, 3.63) is 47.8 Å². The molecule has 1 saturated heterocycles. The van der Waals surface area contributed by atoms with Crippen molar-refractivity contribution in [1.82, 2.24) is 20.4 Å². The second kappa shape index (κ2) is 8.75. The summed E-state index contributed by atoms with van der Waals surface area (Å²) in [5.74, 6) is -2.49. The molecule has 0 aromatic carbocycles. The molecular formula is C20H18N7O7S+. The highest BCUT2D eigenvalue weighted by Gasteiger charge is 2.55. The number of nitrogens with two attached hydrogens (primary N) is 1. The SMILES string of the molecule is CON=C(C(=O)NC1C(=O)N2C(C(=O)O)=C(C[n+]3cccc4occc43)CS[C@@H]12)c1noc(N)n1. The minimum Gasteiger partial charge on any atom is -0.477 e. The molecule has 15 heteroatoms. The van der Waals surface area contributed by atoms with E-state index in [1.54, 1.807) is 24.5 Å². The number of nitrogens with one attached hydrogen (secondary N) is 1. The van der Waals surface area contributed by atoms with Crippen LogP contribution >= 0.6 is 11.8 Å². The third-order valence-electron chi connectivity index (χ3n) is 5.45. The lowest BCUT2D eigenvalue weighted by atomic mass is 10.0. The maximum Gasteiger partial charge on any atom is 0.352 e. The normalized spacial score (nSPS) is 20.0. The minimum atomic E-state index is -1.23. The van der Waals surface area contributed by atoms with Crippen LogP contribution in [0.5, 0.6) is 0 Å². The predicted octanol–water partition coefficient (Wildman–Crippen LogP) is -0.525. The van der Waals surface area contributed by atoms with Gasteiger partial charge in [-0.05, 0) is 6.07 Å². The number of thioether (sulfide) groups is 1. The molecule has 4 N–H and O–H groups in total. The number of pyridine rings is 1. The van der Waals surface area contributed by atoms with Crippen molar-refractivity contribution in [1.29, 1.82) is 0 Å². The van der Waals surface area contributed by atoms with Crippen LogP contribution in [-0.2, 0) is 25.8 Å². The quantitative estimate of drug-likeness (QED) is 0.164. The molecule has 1 unspecified atom stereocenters. The second-order valence-electron chi connectivity index (χ2n) is 7.50. The largest absolute Gasteiger partial charge is 0.477 e. The van der Waals surface area contributed by atoms with E-state index in [2.05, 4.69) is 30.0 Å². The molecule has 0 aliphatic carbocycles. The van der Waals surface area contributed by atoms with Crippen LogP contribution in [0.4, 0.5) is 6.01 Å². The van der Waals surface area contributed by atoms with Gasteiger partial charge in [-0.25, -0.2) is 4.79 Å². The minimum absolute atomic E-state index is 0.103. The zero-order valence-corrected chi connectivity index (χ0v) is 18.9. The fourth-order valence-corrected chi connectivity index (χ4v) is 5.29. The molecule has 2 aliphatic heterocycles. The van der Waals surface area contributed by atoms with E-state index in [1.807, 2.05) is 10.8 Å². The summed E-state index contributed by atoms with van der Waals surface area (Å²) in [6.45, 7) is 0.253. The summed E-state index contributed by atoms with van der Waals surface area (Å²) in [5, 5.41) is 19.0. The summed E-state index contributed by atoms with van der Waals surface area (Å²) in [7, 11) is 1.22. The van der Waals surface area contributed by atoms with Gasteiger partial charge in [0.2, 0.25) is 11.5 Å². The summed E-state index contributed by atoms with van der Waals surface area (Å²) in [6.07, 6.45) is 3.36. The zero-order valence-electron chi connectivity index (χ0n) is 18.1. The van der Waals surface area contributed by atoms with Crippen LogP contribution in [-0.4, -0.2) is 67.9 Å². The number of fused-ring (bicyclic) bond motifs is 2. The fourth-order valence-electron chi connectivity index (χ4n) is 3.96. The molecule has 1 fully saturated rings. The number of carboxylic acid groups (broad SMARTS) is 1. The van der Waals surface area contributed by atoms with Crippen LogP contribution in [0.15, 0.2) is 56.0 Å². The van der Waals surface area contributed by atoms with Crippen LogP contribution in [0.1, 0.15) is 5.82 Å². The molecule has 0 saturated carbocycles. The Balaban J connectivity index is 1.38. The van der Waals surface area contributed by atoms with E-state index in [9.17, 15) is 19.5 Å². The first kappa shape index (κ1) is 22.4. The molecule has 0 spiro atoms. The number of nitrogen functional groups attached to an aromatic ring is 1. The Bertz CT molecular complexity index is 1410. The molecule has 5 heterocycles. The van der Waals surface area contributed by atoms with Gasteiger partial charge >= 0.3 is 12.0 Å². The highest BCUT2D eigenvalue weighted by Crippen LogP contribution is 2.40. The van der Waals surface area contributed by atoms with Gasteiger partial charge in [-0.15, -0.1) is 11.8 Å². The third-order valence-corrected chi connectivity index (χ3v) is 6.78. The number of furan rings is 1. The van der Waals surface area contributed by atoms with Gasteiger partial charge in [0, 0.05) is 23.5 Å². The molecule has 0 bridgehead atoms. The first-order chi connectivity index (χ1) is 16.9. The Labute approximate surface area is 200 Å². The Morgan fingerprint density at radius 1 is 1.46 bits per heavy atom. The van der Waals surface area contributed by atoms with Gasteiger partial charge in [0.15, 0.2) is 18.3 Å². The molecule has 3 aromatic heterocycles. The van der Waals surface area contributed by atoms with Crippen molar-refractivity contribution < 1.29 is 37.8 Å². The number of oxime groups is 1. The molecule has 0 radical (unpaired) electrons. The number of rotatable bonds is 7. The number of carbonyl (C=O) groups excluding carboxylic acids is 2. The fraction of sp³-hybridized carbons (Fsp3) is 0.250. The molecule has 14 nitrogen and oxygen atoms in total. The lowest BCUT2D eigenvalue weighted by molar-refractivity contribution is -0.663. The smallest absolute Gasteiger partial charge is 0.352 e. The molecule has 2 aliphatic rings. The maximum atomic E-state index is 13.0. The number of aliphatic carboxylic acids is 1. The van der Waals surface area contributed by atoms with E-state index in [4.69, 9.17) is 10.2 Å². The molecule has 2 amide bonds. The standard InChI is InChI=1S/C20H17N7O7S/c1-32-24-12(15-23-20(21)34-25-15)16(28)22-13-17(29)27-14(19(30)31)9(8-35-18(13)27)7-26-5-2-3-11-10(26)4-6-33-11/h2-6,13,18H,7-8H2,1H3,(H3-,21,22,23,25,28,30,31)/p+1/t13?,18-/m0/s1. The van der Waals surface area contributed by atoms with Gasteiger partial charge in [-0.3, -0.25) is 14.5 Å². The number of nitrogens with zero attached hydrogens (tertiary/aromatic N) is 5. The molecule has 3 aromatic rings. The number of aromatic nitrogens is 3. The Morgan fingerprint density at radius 3 is 3.00 bits per heavy atom. The van der Waals surface area contributed by atoms with E-state index in [0.29, 0.717) is 16.9 Å². The Kier molecular flexibility index (Phi) is 5.60. The number of anilines is 1. The van der Waals surface area contributed by atoms with Crippen molar-refractivity contribution in [2.24, 2.45) is 5.16 Å². The molecule has 180 valence electrons. The second-order valence-corrected chi connectivity index (χ2v) is 8.61. The third kappa shape index (κ3) is 3.84. The van der Waals surface area contributed by atoms with E-state index in [0.717, 1.165) is 5.52 Å². The van der Waals surface area contributed by atoms with Gasteiger partial charge in [-0.2, -0.15) is 9.55 Å². The average molecular weight is 500 g/mol. The van der Waals surface area contributed by atoms with Gasteiger partial charge in [-0.1, -0.05) is 10.3 Å². The van der Waals surface area contributed by atoms with Crippen LogP contribution in [0.3, 0.4) is 0 Å². The van der Waals surface area contributed by atoms with E-state index in [-0.39, 0.29) is 29.8 Å². The summed E-state index contributed by atoms with van der Waals surface area (Å²) in [5.41, 5.74) is 6.96. The molecule has 2 atom stereocenters. The van der Waals surface area contributed by atoms with Gasteiger partial charge in [0.25, 0.3) is 17.3 Å². The molecular weight excluding hydrogens is 482 g/mol. The molecule has 5 rings (SSSR count). The highest BCUT2D eigenvalue weighted by molar-refractivity contribution is 8.00. The van der Waals surface area contributed by atoms with Crippen molar-refractivity contribution in [2.75, 3.05) is 18.6 Å². The average Bonchev–Trinajstić information content (AvgIpc) is 3.49. The first-order valence-corrected chi connectivity index (χ1v) is 11.2. The van der Waals surface area contributed by atoms with Crippen LogP contribution in [0, 0.1) is 0 Å². The summed E-state index contributed by atoms with van der Waals surface area (Å²) in [4.78, 5) is 47.5. The predicted molar refractivity (Wildman–Crippen MR) is 118 cm³/mol. The van der Waals surface area contributed by atoms with Crippen molar-refractivity contribution in [3.8, 4) is 0 Å². The van der Waals surface area contributed by atoms with Crippen LogP contribution < -0.4 is 15.6 Å². The van der Waals surface area contributed by atoms with Gasteiger partial charge in [0.1, 0.15) is 24.2 Å². The topological polar surface area (TPSA) is 190 Å². The molecule has 35 heavy (non-hydrogen) atoms. The highest BCUT2D eigenvalue weighted by atomic mass is 32.2. The zero-order chi connectivity index (χ0) is 24.7. The van der Waals surface area contributed by atoms with Crippen molar-refractivity contribution in [3.63, 3.8) is 0 Å². The summed E-state index contributed by atoms with van der Waals surface area (Å²) in [6, 6.07) is 4.12. The number of carboxylic acids is 1. The van der Waals surface area contributed by atoms with Gasteiger partial charge in [0.05, 0.1) is 6.26 Å². The Hall–Kier alpha value is -4.40. The summed E-state index contributed by atoms with van der Waals surface area (Å²) < 4.78 is 11.9. The van der Waals surface area contributed by atoms with Crippen LogP contribution in [0.25, 0.3) is 11.1 Å². The van der Waals surface area contributed by atoms with Gasteiger partial charge < -0.3 is 29.9 Å². The number of carbonyl (C=O) groups is 3. The first-order valence-electron chi connectivity index (χ1n) is 10.2. The van der Waals surface area contributed by atoms with E-state index in [1.165, 1.54) is 23.8 Å².